The molecule has 0 unspecified atom stereocenters. The van der Waals surface area contributed by atoms with Gasteiger partial charge in [-0.15, -0.1) is 0 Å². The van der Waals surface area contributed by atoms with Crippen LogP contribution < -0.4 is 4.72 Å². The van der Waals surface area contributed by atoms with Gasteiger partial charge >= 0.3 is 0 Å². The van der Waals surface area contributed by atoms with E-state index in [9.17, 15) is 22.0 Å². The Morgan fingerprint density at radius 2 is 1.93 bits per heavy atom. The SMILES string of the molecule is CNS(=O)(=O)c1ccc(F)c(C(=O)N(Cc2c(F)cccc2Cl)C2CC2)c1. The molecule has 3 rings (SSSR count). The second-order valence-electron chi connectivity index (χ2n) is 6.21. The molecule has 5 nitrogen and oxygen atoms in total. The number of nitrogens with zero attached hydrogens (tertiary/aromatic N) is 1. The maximum atomic E-state index is 14.3. The molecule has 2 aromatic rings. The van der Waals surface area contributed by atoms with Gasteiger partial charge in [0, 0.05) is 16.6 Å². The molecular formula is C18H17ClF2N2O3S. The first-order valence-electron chi connectivity index (χ1n) is 8.21. The van der Waals surface area contributed by atoms with E-state index in [1.54, 1.807) is 0 Å². The van der Waals surface area contributed by atoms with Crippen molar-refractivity contribution in [2.75, 3.05) is 7.05 Å². The van der Waals surface area contributed by atoms with E-state index < -0.39 is 27.6 Å². The molecule has 144 valence electrons. The van der Waals surface area contributed by atoms with Crippen LogP contribution in [0.1, 0.15) is 28.8 Å². The number of hydrogen-bond donors (Lipinski definition) is 1. The Kier molecular flexibility index (Phi) is 5.50. The van der Waals surface area contributed by atoms with Crippen LogP contribution in [0.3, 0.4) is 0 Å². The first kappa shape index (κ1) is 19.7. The van der Waals surface area contributed by atoms with Gasteiger partial charge in [0.25, 0.3) is 5.91 Å². The van der Waals surface area contributed by atoms with E-state index in [4.69, 9.17) is 11.6 Å². The molecule has 0 atom stereocenters. The third-order valence-corrected chi connectivity index (χ3v) is 6.15. The molecular weight excluding hydrogens is 398 g/mol. The molecule has 9 heteroatoms. The summed E-state index contributed by atoms with van der Waals surface area (Å²) in [6.07, 6.45) is 1.40. The highest BCUT2D eigenvalue weighted by Crippen LogP contribution is 2.32. The quantitative estimate of drug-likeness (QED) is 0.788. The zero-order chi connectivity index (χ0) is 19.8. The van der Waals surface area contributed by atoms with Gasteiger partial charge in [0.15, 0.2) is 0 Å². The summed E-state index contributed by atoms with van der Waals surface area (Å²) in [5.74, 6) is -2.12. The summed E-state index contributed by atoms with van der Waals surface area (Å²) in [5.41, 5.74) is -0.246. The van der Waals surface area contributed by atoms with Crippen LogP contribution in [0.15, 0.2) is 41.3 Å². The van der Waals surface area contributed by atoms with Crippen LogP contribution in [0, 0.1) is 11.6 Å². The maximum Gasteiger partial charge on any atom is 0.257 e. The highest BCUT2D eigenvalue weighted by molar-refractivity contribution is 7.89. The average Bonchev–Trinajstić information content (AvgIpc) is 3.46. The minimum Gasteiger partial charge on any atom is -0.331 e. The van der Waals surface area contributed by atoms with Crippen LogP contribution >= 0.6 is 11.6 Å². The number of hydrogen-bond acceptors (Lipinski definition) is 3. The van der Waals surface area contributed by atoms with Crippen LogP contribution in [-0.2, 0) is 16.6 Å². The number of benzene rings is 2. The van der Waals surface area contributed by atoms with Crippen molar-refractivity contribution in [2.45, 2.75) is 30.3 Å². The van der Waals surface area contributed by atoms with Crippen molar-refractivity contribution in [3.63, 3.8) is 0 Å². The lowest BCUT2D eigenvalue weighted by molar-refractivity contribution is 0.0723. The molecule has 1 aliphatic rings. The predicted molar refractivity (Wildman–Crippen MR) is 97.0 cm³/mol. The van der Waals surface area contributed by atoms with Gasteiger partial charge in [-0.1, -0.05) is 17.7 Å². The lowest BCUT2D eigenvalue weighted by Crippen LogP contribution is -2.34. The fourth-order valence-electron chi connectivity index (χ4n) is 2.71. The average molecular weight is 415 g/mol. The molecule has 0 aromatic heterocycles. The fourth-order valence-corrected chi connectivity index (χ4v) is 3.69. The Bertz CT molecular complexity index is 974. The third kappa shape index (κ3) is 4.12. The van der Waals surface area contributed by atoms with Crippen LogP contribution in [0.5, 0.6) is 0 Å². The van der Waals surface area contributed by atoms with Crippen molar-refractivity contribution in [1.82, 2.24) is 9.62 Å². The van der Waals surface area contributed by atoms with Crippen molar-refractivity contribution in [3.05, 3.63) is 64.2 Å². The number of sulfonamides is 1. The molecule has 1 saturated carbocycles. The zero-order valence-corrected chi connectivity index (χ0v) is 15.9. The second-order valence-corrected chi connectivity index (χ2v) is 8.51. The van der Waals surface area contributed by atoms with Gasteiger partial charge < -0.3 is 4.90 Å². The number of carbonyl (C=O) groups is 1. The second kappa shape index (κ2) is 7.53. The molecule has 1 N–H and O–H groups in total. The normalized spacial score (nSPS) is 14.2. The standard InChI is InChI=1S/C18H17ClF2N2O3S/c1-22-27(25,26)12-7-8-17(21)13(9-12)18(24)23(11-5-6-11)10-14-15(19)3-2-4-16(14)20/h2-4,7-9,11,22H,5-6,10H2,1H3. The smallest absolute Gasteiger partial charge is 0.257 e. The zero-order valence-electron chi connectivity index (χ0n) is 14.4. The van der Waals surface area contributed by atoms with Crippen molar-refractivity contribution in [3.8, 4) is 0 Å². The van der Waals surface area contributed by atoms with E-state index in [1.165, 1.54) is 30.1 Å². The fraction of sp³-hybridized carbons (Fsp3) is 0.278. The summed E-state index contributed by atoms with van der Waals surface area (Å²) in [4.78, 5) is 14.1. The van der Waals surface area contributed by atoms with E-state index in [1.807, 2.05) is 0 Å². The Morgan fingerprint density at radius 1 is 1.22 bits per heavy atom. The number of nitrogens with one attached hydrogen (secondary N) is 1. The monoisotopic (exact) mass is 414 g/mol. The summed E-state index contributed by atoms with van der Waals surface area (Å²) in [6.45, 7) is -0.128. The highest BCUT2D eigenvalue weighted by atomic mass is 35.5. The van der Waals surface area contributed by atoms with Crippen molar-refractivity contribution in [1.29, 1.82) is 0 Å². The molecule has 1 fully saturated rings. The van der Waals surface area contributed by atoms with Crippen molar-refractivity contribution in [2.24, 2.45) is 0 Å². The number of rotatable bonds is 6. The minimum atomic E-state index is -3.84. The molecule has 0 saturated heterocycles. The Labute approximate surface area is 161 Å². The molecule has 1 aliphatic carbocycles. The van der Waals surface area contributed by atoms with Crippen LogP contribution in [-0.4, -0.2) is 32.3 Å². The first-order chi connectivity index (χ1) is 12.7. The predicted octanol–water partition coefficient (Wildman–Crippen LogP) is 3.33. The van der Waals surface area contributed by atoms with Gasteiger partial charge in [0.2, 0.25) is 10.0 Å². The molecule has 2 aromatic carbocycles. The van der Waals surface area contributed by atoms with Gasteiger partial charge in [-0.2, -0.15) is 0 Å². The van der Waals surface area contributed by atoms with Gasteiger partial charge in [-0.3, -0.25) is 4.79 Å². The highest BCUT2D eigenvalue weighted by Gasteiger charge is 2.35. The van der Waals surface area contributed by atoms with Crippen molar-refractivity contribution >= 4 is 27.5 Å². The third-order valence-electron chi connectivity index (χ3n) is 4.39. The molecule has 0 radical (unpaired) electrons. The summed E-state index contributed by atoms with van der Waals surface area (Å²) in [6, 6.07) is 7.02. The van der Waals surface area contributed by atoms with E-state index in [2.05, 4.69) is 4.72 Å². The molecule has 27 heavy (non-hydrogen) atoms. The number of carbonyl (C=O) groups excluding carboxylic acids is 1. The van der Waals surface area contributed by atoms with Crippen molar-refractivity contribution < 1.29 is 22.0 Å². The Morgan fingerprint density at radius 3 is 2.52 bits per heavy atom. The van der Waals surface area contributed by atoms with E-state index in [0.717, 1.165) is 18.2 Å². The van der Waals surface area contributed by atoms with Gasteiger partial charge in [0.05, 0.1) is 17.0 Å². The molecule has 1 amide bonds. The van der Waals surface area contributed by atoms with E-state index in [0.29, 0.717) is 12.8 Å². The molecule has 0 bridgehead atoms. The lowest BCUT2D eigenvalue weighted by atomic mass is 10.1. The topological polar surface area (TPSA) is 66.5 Å². The summed E-state index contributed by atoms with van der Waals surface area (Å²) < 4.78 is 54.4. The Hall–Kier alpha value is -2.03. The number of halogens is 3. The van der Waals surface area contributed by atoms with Crippen LogP contribution in [0.2, 0.25) is 5.02 Å². The lowest BCUT2D eigenvalue weighted by Gasteiger charge is -2.24. The molecule has 0 heterocycles. The van der Waals surface area contributed by atoms with Crippen LogP contribution in [0.25, 0.3) is 0 Å². The van der Waals surface area contributed by atoms with E-state index >= 15 is 0 Å². The van der Waals surface area contributed by atoms with Crippen LogP contribution in [0.4, 0.5) is 8.78 Å². The van der Waals surface area contributed by atoms with Gasteiger partial charge in [-0.25, -0.2) is 21.9 Å². The molecule has 0 aliphatic heterocycles. The van der Waals surface area contributed by atoms with Gasteiger partial charge in [0.1, 0.15) is 11.6 Å². The summed E-state index contributed by atoms with van der Waals surface area (Å²) in [7, 11) is -2.62. The first-order valence-corrected chi connectivity index (χ1v) is 10.1. The summed E-state index contributed by atoms with van der Waals surface area (Å²) in [5, 5.41) is 0.167. The summed E-state index contributed by atoms with van der Waals surface area (Å²) >= 11 is 6.04. The Balaban J connectivity index is 1.98. The van der Waals surface area contributed by atoms with E-state index in [-0.39, 0.29) is 33.6 Å². The molecule has 0 spiro atoms. The number of amides is 1. The maximum absolute atomic E-state index is 14.3. The van der Waals surface area contributed by atoms with Gasteiger partial charge in [-0.05, 0) is 50.2 Å². The minimum absolute atomic E-state index is 0.128. The largest absolute Gasteiger partial charge is 0.331 e.